The molecule has 2 heterocycles. The predicted octanol–water partition coefficient (Wildman–Crippen LogP) is -0.258. The molecule has 0 atom stereocenters. The molecule has 0 radical (unpaired) electrons. The van der Waals surface area contributed by atoms with Gasteiger partial charge < -0.3 is 10.4 Å². The van der Waals surface area contributed by atoms with Gasteiger partial charge in [0.2, 0.25) is 0 Å². The number of carboxylic acids is 1. The molecular formula is C8H10N4O2S. The van der Waals surface area contributed by atoms with Crippen molar-refractivity contribution in [1.82, 2.24) is 20.9 Å². The number of aliphatic carboxylic acids is 1. The molecule has 0 unspecified atom stereocenters. The summed E-state index contributed by atoms with van der Waals surface area (Å²) in [5.41, 5.74) is 3.07. The SMILES string of the molecule is CCN1C=C2NC(C(=O)O)=CC(=S)N2N1. The molecule has 0 aromatic rings. The summed E-state index contributed by atoms with van der Waals surface area (Å²) in [7, 11) is 0. The maximum absolute atomic E-state index is 10.8. The Hall–Kier alpha value is -1.60. The number of carboxylic acid groups (broad SMARTS) is 1. The summed E-state index contributed by atoms with van der Waals surface area (Å²) in [6.07, 6.45) is 3.17. The standard InChI is InChI=1S/C8H10N4O2S/c1-2-11-4-6-9-5(8(13)14)3-7(15)12(6)10-11/h3-4,9-10H,2H2,1H3,(H,13,14). The molecule has 2 aliphatic rings. The van der Waals surface area contributed by atoms with E-state index in [4.69, 9.17) is 17.3 Å². The number of hydrogen-bond donors (Lipinski definition) is 3. The van der Waals surface area contributed by atoms with Gasteiger partial charge in [-0.25, -0.2) is 9.80 Å². The van der Waals surface area contributed by atoms with Crippen molar-refractivity contribution >= 4 is 23.2 Å². The van der Waals surface area contributed by atoms with Gasteiger partial charge in [0.15, 0.2) is 0 Å². The summed E-state index contributed by atoms with van der Waals surface area (Å²) >= 11 is 5.06. The van der Waals surface area contributed by atoms with Crippen molar-refractivity contribution in [2.75, 3.05) is 6.54 Å². The van der Waals surface area contributed by atoms with Crippen LogP contribution >= 0.6 is 12.2 Å². The fourth-order valence-corrected chi connectivity index (χ4v) is 1.57. The molecular weight excluding hydrogens is 216 g/mol. The van der Waals surface area contributed by atoms with Gasteiger partial charge in [-0.15, -0.1) is 5.53 Å². The molecule has 0 spiro atoms. The minimum atomic E-state index is -1.02. The molecule has 0 saturated carbocycles. The van der Waals surface area contributed by atoms with Crippen LogP contribution in [-0.4, -0.2) is 32.6 Å². The van der Waals surface area contributed by atoms with Crippen molar-refractivity contribution in [3.63, 3.8) is 0 Å². The normalized spacial score (nSPS) is 19.4. The fourth-order valence-electron chi connectivity index (χ4n) is 1.31. The molecule has 15 heavy (non-hydrogen) atoms. The maximum Gasteiger partial charge on any atom is 0.352 e. The number of nitrogens with zero attached hydrogens (tertiary/aromatic N) is 2. The number of hydrazine groups is 2. The van der Waals surface area contributed by atoms with Gasteiger partial charge in [-0.3, -0.25) is 5.01 Å². The Kier molecular flexibility index (Phi) is 2.33. The zero-order valence-corrected chi connectivity index (χ0v) is 8.84. The topological polar surface area (TPSA) is 67.8 Å². The Balaban J connectivity index is 2.26. The Morgan fingerprint density at radius 2 is 2.40 bits per heavy atom. The molecule has 2 rings (SSSR count). The number of rotatable bonds is 2. The third-order valence-corrected chi connectivity index (χ3v) is 2.37. The van der Waals surface area contributed by atoms with E-state index in [0.29, 0.717) is 10.8 Å². The quantitative estimate of drug-likeness (QED) is 0.560. The lowest BCUT2D eigenvalue weighted by Gasteiger charge is -2.26. The Labute approximate surface area is 91.8 Å². The van der Waals surface area contributed by atoms with Crippen molar-refractivity contribution in [2.24, 2.45) is 0 Å². The lowest BCUT2D eigenvalue weighted by molar-refractivity contribution is -0.133. The first-order valence-electron chi connectivity index (χ1n) is 4.42. The highest BCUT2D eigenvalue weighted by atomic mass is 32.1. The summed E-state index contributed by atoms with van der Waals surface area (Å²) in [5, 5.41) is 15.0. The summed E-state index contributed by atoms with van der Waals surface area (Å²) in [5.74, 6) is -0.394. The van der Waals surface area contributed by atoms with E-state index in [9.17, 15) is 4.79 Å². The third-order valence-electron chi connectivity index (χ3n) is 2.07. The van der Waals surface area contributed by atoms with Gasteiger partial charge in [-0.2, -0.15) is 0 Å². The molecule has 0 amide bonds. The molecule has 7 heteroatoms. The van der Waals surface area contributed by atoms with E-state index in [1.807, 2.05) is 6.92 Å². The van der Waals surface area contributed by atoms with Crippen LogP contribution in [0.15, 0.2) is 23.8 Å². The van der Waals surface area contributed by atoms with Crippen molar-refractivity contribution in [2.45, 2.75) is 6.92 Å². The van der Waals surface area contributed by atoms with Crippen LogP contribution in [0.4, 0.5) is 0 Å². The first-order valence-corrected chi connectivity index (χ1v) is 4.83. The van der Waals surface area contributed by atoms with E-state index in [1.165, 1.54) is 6.08 Å². The molecule has 0 aromatic heterocycles. The van der Waals surface area contributed by atoms with E-state index in [0.717, 1.165) is 6.54 Å². The van der Waals surface area contributed by atoms with E-state index in [2.05, 4.69) is 10.9 Å². The number of carbonyl (C=O) groups is 1. The zero-order chi connectivity index (χ0) is 11.0. The van der Waals surface area contributed by atoms with Crippen molar-refractivity contribution in [1.29, 1.82) is 0 Å². The molecule has 0 saturated heterocycles. The van der Waals surface area contributed by atoms with E-state index in [-0.39, 0.29) is 5.70 Å². The Morgan fingerprint density at radius 1 is 1.67 bits per heavy atom. The van der Waals surface area contributed by atoms with Gasteiger partial charge in [0, 0.05) is 12.6 Å². The number of fused-ring (bicyclic) bond motifs is 1. The molecule has 0 fully saturated rings. The summed E-state index contributed by atoms with van der Waals surface area (Å²) < 4.78 is 0. The Bertz CT molecular complexity index is 390. The van der Waals surface area contributed by atoms with Crippen LogP contribution in [0, 0.1) is 0 Å². The first kappa shape index (κ1) is 9.94. The van der Waals surface area contributed by atoms with Gasteiger partial charge in [0.05, 0.1) is 6.20 Å². The highest BCUT2D eigenvalue weighted by Crippen LogP contribution is 2.16. The van der Waals surface area contributed by atoms with Crippen LogP contribution < -0.4 is 10.9 Å². The van der Waals surface area contributed by atoms with Gasteiger partial charge in [-0.05, 0) is 6.92 Å². The molecule has 0 aromatic carbocycles. The smallest absolute Gasteiger partial charge is 0.352 e. The molecule has 0 aliphatic carbocycles. The van der Waals surface area contributed by atoms with E-state index >= 15 is 0 Å². The second kappa shape index (κ2) is 3.52. The average Bonchev–Trinajstić information content (AvgIpc) is 2.61. The lowest BCUT2D eigenvalue weighted by atomic mass is 10.3. The van der Waals surface area contributed by atoms with E-state index in [1.54, 1.807) is 16.2 Å². The minimum Gasteiger partial charge on any atom is -0.477 e. The summed E-state index contributed by atoms with van der Waals surface area (Å²) in [6.45, 7) is 2.73. The second-order valence-corrected chi connectivity index (χ2v) is 3.48. The van der Waals surface area contributed by atoms with Gasteiger partial charge >= 0.3 is 5.97 Å². The zero-order valence-electron chi connectivity index (χ0n) is 8.02. The highest BCUT2D eigenvalue weighted by Gasteiger charge is 2.28. The molecule has 6 nitrogen and oxygen atoms in total. The lowest BCUT2D eigenvalue weighted by Crippen LogP contribution is -2.47. The minimum absolute atomic E-state index is 0.0854. The van der Waals surface area contributed by atoms with Crippen LogP contribution in [0.3, 0.4) is 0 Å². The van der Waals surface area contributed by atoms with Crippen molar-refractivity contribution in [3.05, 3.63) is 23.8 Å². The van der Waals surface area contributed by atoms with E-state index < -0.39 is 5.97 Å². The molecule has 3 N–H and O–H groups in total. The number of nitrogens with one attached hydrogen (secondary N) is 2. The highest BCUT2D eigenvalue weighted by molar-refractivity contribution is 7.80. The van der Waals surface area contributed by atoms with Gasteiger partial charge in [0.25, 0.3) is 0 Å². The summed E-state index contributed by atoms with van der Waals surface area (Å²) in [4.78, 5) is 11.2. The first-order chi connectivity index (χ1) is 7.11. The summed E-state index contributed by atoms with van der Waals surface area (Å²) in [6, 6.07) is 0. The Morgan fingerprint density at radius 3 is 3.00 bits per heavy atom. The monoisotopic (exact) mass is 226 g/mol. The molecule has 80 valence electrons. The van der Waals surface area contributed by atoms with Crippen molar-refractivity contribution in [3.8, 4) is 0 Å². The number of thiocarbonyl (C=S) groups is 1. The van der Waals surface area contributed by atoms with Crippen LogP contribution in [0.25, 0.3) is 0 Å². The van der Waals surface area contributed by atoms with Crippen LogP contribution in [0.1, 0.15) is 6.92 Å². The van der Waals surface area contributed by atoms with Gasteiger partial charge in [-0.1, -0.05) is 12.2 Å². The number of hydrogen-bond acceptors (Lipinski definition) is 5. The maximum atomic E-state index is 10.8. The third kappa shape index (κ3) is 1.66. The average molecular weight is 226 g/mol. The van der Waals surface area contributed by atoms with Crippen LogP contribution in [-0.2, 0) is 4.79 Å². The predicted molar refractivity (Wildman–Crippen MR) is 56.9 cm³/mol. The molecule has 0 bridgehead atoms. The van der Waals surface area contributed by atoms with Gasteiger partial charge in [0.1, 0.15) is 16.5 Å². The van der Waals surface area contributed by atoms with Crippen LogP contribution in [0.2, 0.25) is 0 Å². The second-order valence-electron chi connectivity index (χ2n) is 3.06. The largest absolute Gasteiger partial charge is 0.477 e. The van der Waals surface area contributed by atoms with Crippen molar-refractivity contribution < 1.29 is 9.90 Å². The van der Waals surface area contributed by atoms with Crippen LogP contribution in [0.5, 0.6) is 0 Å². The molecule has 2 aliphatic heterocycles. The fraction of sp³-hybridized carbons (Fsp3) is 0.250.